The van der Waals surface area contributed by atoms with E-state index in [1.165, 1.54) is 6.20 Å². The van der Waals surface area contributed by atoms with Crippen molar-refractivity contribution in [3.05, 3.63) is 11.9 Å². The van der Waals surface area contributed by atoms with Crippen molar-refractivity contribution in [3.8, 4) is 0 Å². The Balaban J connectivity index is 2.24. The smallest absolute Gasteiger partial charge is 0.366 e. The second kappa shape index (κ2) is 3.73. The van der Waals surface area contributed by atoms with Gasteiger partial charge in [0.05, 0.1) is 11.9 Å². The van der Waals surface area contributed by atoms with Crippen LogP contribution in [0.25, 0.3) is 0 Å². The fraction of sp³-hybridized carbons (Fsp3) is 0.625. The molecule has 2 heterocycles. The molecule has 15 heavy (non-hydrogen) atoms. The van der Waals surface area contributed by atoms with Gasteiger partial charge in [0, 0.05) is 26.2 Å². The van der Waals surface area contributed by atoms with Gasteiger partial charge in [-0.3, -0.25) is 5.10 Å². The van der Waals surface area contributed by atoms with Crippen LogP contribution in [0.1, 0.15) is 5.69 Å². The first kappa shape index (κ1) is 10.3. The van der Waals surface area contributed by atoms with E-state index in [-0.39, 0.29) is 5.69 Å². The maximum Gasteiger partial charge on any atom is 0.434 e. The Bertz CT molecular complexity index is 327. The zero-order valence-electron chi connectivity index (χ0n) is 7.93. The molecule has 0 spiro atoms. The monoisotopic (exact) mass is 220 g/mol. The van der Waals surface area contributed by atoms with E-state index in [2.05, 4.69) is 10.4 Å². The Morgan fingerprint density at radius 3 is 2.53 bits per heavy atom. The van der Waals surface area contributed by atoms with Gasteiger partial charge < -0.3 is 10.2 Å². The van der Waals surface area contributed by atoms with E-state index in [0.717, 1.165) is 0 Å². The van der Waals surface area contributed by atoms with Crippen LogP contribution < -0.4 is 10.2 Å². The summed E-state index contributed by atoms with van der Waals surface area (Å²) in [5.74, 6) is 0. The van der Waals surface area contributed by atoms with E-state index >= 15 is 0 Å². The number of alkyl halides is 3. The highest BCUT2D eigenvalue weighted by Gasteiger charge is 2.37. The average Bonchev–Trinajstić information content (AvgIpc) is 2.67. The van der Waals surface area contributed by atoms with E-state index in [9.17, 15) is 13.2 Å². The molecule has 0 unspecified atom stereocenters. The van der Waals surface area contributed by atoms with E-state index < -0.39 is 11.9 Å². The summed E-state index contributed by atoms with van der Waals surface area (Å²) in [7, 11) is 0. The van der Waals surface area contributed by atoms with Crippen LogP contribution in [0.2, 0.25) is 0 Å². The first-order valence-electron chi connectivity index (χ1n) is 4.65. The van der Waals surface area contributed by atoms with Gasteiger partial charge in [0.15, 0.2) is 5.69 Å². The van der Waals surface area contributed by atoms with Crippen LogP contribution in [0.15, 0.2) is 6.20 Å². The van der Waals surface area contributed by atoms with Crippen LogP contribution in [-0.2, 0) is 6.18 Å². The molecule has 84 valence electrons. The molecule has 2 N–H and O–H groups in total. The SMILES string of the molecule is FC(F)(F)c1[nH]ncc1N1CCNCC1. The summed E-state index contributed by atoms with van der Waals surface area (Å²) in [4.78, 5) is 1.68. The molecule has 4 nitrogen and oxygen atoms in total. The van der Waals surface area contributed by atoms with E-state index in [1.54, 1.807) is 4.90 Å². The van der Waals surface area contributed by atoms with Gasteiger partial charge in [-0.1, -0.05) is 0 Å². The summed E-state index contributed by atoms with van der Waals surface area (Å²) in [6, 6.07) is 0. The lowest BCUT2D eigenvalue weighted by Gasteiger charge is -2.29. The van der Waals surface area contributed by atoms with Crippen LogP contribution in [0.5, 0.6) is 0 Å². The van der Waals surface area contributed by atoms with Gasteiger partial charge in [0.1, 0.15) is 0 Å². The molecular weight excluding hydrogens is 209 g/mol. The first-order chi connectivity index (χ1) is 7.09. The molecule has 1 aliphatic heterocycles. The summed E-state index contributed by atoms with van der Waals surface area (Å²) in [5, 5.41) is 8.54. The predicted octanol–water partition coefficient (Wildman–Crippen LogP) is 0.838. The molecule has 0 radical (unpaired) electrons. The minimum atomic E-state index is -4.36. The summed E-state index contributed by atoms with van der Waals surface area (Å²) in [5.41, 5.74) is -0.617. The van der Waals surface area contributed by atoms with Gasteiger partial charge in [0.25, 0.3) is 0 Å². The van der Waals surface area contributed by atoms with Crippen LogP contribution in [-0.4, -0.2) is 36.4 Å². The lowest BCUT2D eigenvalue weighted by atomic mass is 10.3. The Labute approximate surface area is 84.5 Å². The number of aromatic amines is 1. The van der Waals surface area contributed by atoms with Crippen LogP contribution in [0.3, 0.4) is 0 Å². The van der Waals surface area contributed by atoms with Gasteiger partial charge >= 0.3 is 6.18 Å². The Morgan fingerprint density at radius 2 is 1.93 bits per heavy atom. The number of aromatic nitrogens is 2. The minimum absolute atomic E-state index is 0.143. The molecule has 0 amide bonds. The summed E-state index contributed by atoms with van der Waals surface area (Å²) in [6.07, 6.45) is -3.13. The highest BCUT2D eigenvalue weighted by atomic mass is 19.4. The van der Waals surface area contributed by atoms with Crippen LogP contribution in [0.4, 0.5) is 18.9 Å². The average molecular weight is 220 g/mol. The Morgan fingerprint density at radius 1 is 1.27 bits per heavy atom. The van der Waals surface area contributed by atoms with Crippen molar-refractivity contribution in [2.24, 2.45) is 0 Å². The standard InChI is InChI=1S/C8H11F3N4/c9-8(10,11)7-6(5-13-14-7)15-3-1-12-2-4-15/h5,12H,1-4H2,(H,13,14). The molecule has 0 aliphatic carbocycles. The third kappa shape index (κ3) is 2.06. The van der Waals surface area contributed by atoms with E-state index in [1.807, 2.05) is 5.10 Å². The Hall–Kier alpha value is -1.24. The van der Waals surface area contributed by atoms with E-state index in [4.69, 9.17) is 0 Å². The van der Waals surface area contributed by atoms with Crippen LogP contribution >= 0.6 is 0 Å². The number of hydrogen-bond acceptors (Lipinski definition) is 3. The second-order valence-electron chi connectivity index (χ2n) is 3.37. The second-order valence-corrected chi connectivity index (χ2v) is 3.37. The van der Waals surface area contributed by atoms with Crippen molar-refractivity contribution in [1.29, 1.82) is 0 Å². The predicted molar refractivity (Wildman–Crippen MR) is 48.7 cm³/mol. The van der Waals surface area contributed by atoms with Crippen molar-refractivity contribution in [1.82, 2.24) is 15.5 Å². The van der Waals surface area contributed by atoms with Crippen molar-refractivity contribution in [2.45, 2.75) is 6.18 Å². The highest BCUT2D eigenvalue weighted by Crippen LogP contribution is 2.34. The number of anilines is 1. The van der Waals surface area contributed by atoms with Crippen molar-refractivity contribution >= 4 is 5.69 Å². The quantitative estimate of drug-likeness (QED) is 0.737. The zero-order valence-corrected chi connectivity index (χ0v) is 7.93. The lowest BCUT2D eigenvalue weighted by Crippen LogP contribution is -2.44. The van der Waals surface area contributed by atoms with Gasteiger partial charge in [0.2, 0.25) is 0 Å². The highest BCUT2D eigenvalue weighted by molar-refractivity contribution is 5.50. The number of rotatable bonds is 1. The molecule has 0 bridgehead atoms. The molecule has 1 aromatic heterocycles. The maximum absolute atomic E-state index is 12.5. The third-order valence-electron chi connectivity index (χ3n) is 2.36. The molecule has 1 aromatic rings. The number of hydrogen-bond donors (Lipinski definition) is 2. The summed E-state index contributed by atoms with van der Waals surface area (Å²) in [6.45, 7) is 2.54. The third-order valence-corrected chi connectivity index (χ3v) is 2.36. The molecule has 0 saturated carbocycles. The van der Waals surface area contributed by atoms with Crippen molar-refractivity contribution in [2.75, 3.05) is 31.1 Å². The molecule has 7 heteroatoms. The molecule has 2 rings (SSSR count). The molecule has 1 fully saturated rings. The van der Waals surface area contributed by atoms with E-state index in [0.29, 0.717) is 26.2 Å². The largest absolute Gasteiger partial charge is 0.434 e. The summed E-state index contributed by atoms with van der Waals surface area (Å²) < 4.78 is 37.6. The van der Waals surface area contributed by atoms with Crippen molar-refractivity contribution in [3.63, 3.8) is 0 Å². The van der Waals surface area contributed by atoms with Gasteiger partial charge in [-0.05, 0) is 0 Å². The number of halogens is 3. The topological polar surface area (TPSA) is 44.0 Å². The molecule has 0 aromatic carbocycles. The number of piperazine rings is 1. The van der Waals surface area contributed by atoms with Gasteiger partial charge in [-0.2, -0.15) is 18.3 Å². The molecule has 1 saturated heterocycles. The zero-order chi connectivity index (χ0) is 10.9. The number of nitrogens with zero attached hydrogens (tertiary/aromatic N) is 2. The number of nitrogens with one attached hydrogen (secondary N) is 2. The Kier molecular flexibility index (Phi) is 2.56. The fourth-order valence-corrected chi connectivity index (χ4v) is 1.63. The normalized spacial score (nSPS) is 18.2. The molecular formula is C8H11F3N4. The molecule has 0 atom stereocenters. The maximum atomic E-state index is 12.5. The fourth-order valence-electron chi connectivity index (χ4n) is 1.63. The van der Waals surface area contributed by atoms with Gasteiger partial charge in [-0.25, -0.2) is 0 Å². The first-order valence-corrected chi connectivity index (χ1v) is 4.65. The van der Waals surface area contributed by atoms with Crippen LogP contribution in [0, 0.1) is 0 Å². The summed E-state index contributed by atoms with van der Waals surface area (Å²) >= 11 is 0. The van der Waals surface area contributed by atoms with Gasteiger partial charge in [-0.15, -0.1) is 0 Å². The molecule has 1 aliphatic rings. The van der Waals surface area contributed by atoms with Crippen molar-refractivity contribution < 1.29 is 13.2 Å². The lowest BCUT2D eigenvalue weighted by molar-refractivity contribution is -0.140. The number of H-pyrrole nitrogens is 1. The minimum Gasteiger partial charge on any atom is -0.366 e.